The number of hydrogen-bond acceptors (Lipinski definition) is 4. The molecule has 0 aliphatic heterocycles. The monoisotopic (exact) mass is 305 g/mol. The van der Waals surface area contributed by atoms with Gasteiger partial charge in [0.05, 0.1) is 0 Å². The zero-order chi connectivity index (χ0) is 14.8. The van der Waals surface area contributed by atoms with E-state index in [0.29, 0.717) is 10.6 Å². The maximum atomic E-state index is 13.1. The summed E-state index contributed by atoms with van der Waals surface area (Å²) < 4.78 is 19.7. The molecule has 3 rings (SSSR count). The molecule has 0 saturated heterocycles. The van der Waals surface area contributed by atoms with E-state index in [-0.39, 0.29) is 23.9 Å². The second-order valence-corrected chi connectivity index (χ2v) is 4.76. The standard InChI is InChI=1S/C14H9ClFN3O2/c15-10-3-1-2-9(6-10)14-18-17-12(21-14)8-19-7-11(16)4-5-13(19)20/h1-7H,8H2. The highest BCUT2D eigenvalue weighted by molar-refractivity contribution is 6.30. The van der Waals surface area contributed by atoms with Crippen LogP contribution in [-0.4, -0.2) is 14.8 Å². The fourth-order valence-electron chi connectivity index (χ4n) is 1.83. The highest BCUT2D eigenvalue weighted by Gasteiger charge is 2.10. The van der Waals surface area contributed by atoms with Gasteiger partial charge in [0.25, 0.3) is 5.56 Å². The third kappa shape index (κ3) is 3.00. The van der Waals surface area contributed by atoms with Crippen LogP contribution in [0.1, 0.15) is 5.89 Å². The first-order valence-electron chi connectivity index (χ1n) is 6.06. The van der Waals surface area contributed by atoms with Crippen molar-refractivity contribution in [1.82, 2.24) is 14.8 Å². The van der Waals surface area contributed by atoms with Crippen LogP contribution in [0.3, 0.4) is 0 Å². The predicted molar refractivity (Wildman–Crippen MR) is 74.5 cm³/mol. The van der Waals surface area contributed by atoms with Crippen LogP contribution < -0.4 is 5.56 Å². The molecule has 3 aromatic rings. The molecule has 21 heavy (non-hydrogen) atoms. The van der Waals surface area contributed by atoms with Crippen LogP contribution in [-0.2, 0) is 6.54 Å². The summed E-state index contributed by atoms with van der Waals surface area (Å²) in [5.41, 5.74) is 0.326. The summed E-state index contributed by atoms with van der Waals surface area (Å²) in [4.78, 5) is 11.6. The molecule has 0 bridgehead atoms. The average molecular weight is 306 g/mol. The lowest BCUT2D eigenvalue weighted by molar-refractivity contribution is 0.479. The smallest absolute Gasteiger partial charge is 0.251 e. The van der Waals surface area contributed by atoms with Crippen LogP contribution >= 0.6 is 11.6 Å². The van der Waals surface area contributed by atoms with Crippen LogP contribution in [0.15, 0.2) is 51.8 Å². The maximum absolute atomic E-state index is 13.1. The fraction of sp³-hybridized carbons (Fsp3) is 0.0714. The van der Waals surface area contributed by atoms with E-state index in [0.717, 1.165) is 22.9 Å². The van der Waals surface area contributed by atoms with Gasteiger partial charge in [-0.1, -0.05) is 17.7 Å². The fourth-order valence-corrected chi connectivity index (χ4v) is 2.02. The molecule has 0 saturated carbocycles. The lowest BCUT2D eigenvalue weighted by Gasteiger charge is -2.01. The summed E-state index contributed by atoms with van der Waals surface area (Å²) in [7, 11) is 0. The number of hydrogen-bond donors (Lipinski definition) is 0. The first-order valence-corrected chi connectivity index (χ1v) is 6.44. The lowest BCUT2D eigenvalue weighted by Crippen LogP contribution is -2.19. The minimum Gasteiger partial charge on any atom is -0.419 e. The van der Waals surface area contributed by atoms with E-state index in [9.17, 15) is 9.18 Å². The molecule has 2 aromatic heterocycles. The Bertz CT molecular complexity index is 844. The van der Waals surface area contributed by atoms with Gasteiger partial charge in [0.15, 0.2) is 0 Å². The molecule has 0 radical (unpaired) electrons. The van der Waals surface area contributed by atoms with Crippen LogP contribution in [0, 0.1) is 5.82 Å². The Morgan fingerprint density at radius 1 is 1.24 bits per heavy atom. The highest BCUT2D eigenvalue weighted by atomic mass is 35.5. The van der Waals surface area contributed by atoms with Gasteiger partial charge in [0, 0.05) is 22.8 Å². The Balaban J connectivity index is 1.89. The molecule has 0 atom stereocenters. The number of benzene rings is 1. The van der Waals surface area contributed by atoms with Gasteiger partial charge in [-0.25, -0.2) is 4.39 Å². The first-order chi connectivity index (χ1) is 10.1. The normalized spacial score (nSPS) is 10.8. The zero-order valence-corrected chi connectivity index (χ0v) is 11.4. The minimum atomic E-state index is -0.510. The molecule has 0 spiro atoms. The third-order valence-electron chi connectivity index (χ3n) is 2.79. The van der Waals surface area contributed by atoms with Gasteiger partial charge >= 0.3 is 0 Å². The molecule has 5 nitrogen and oxygen atoms in total. The molecule has 0 aliphatic rings. The number of aromatic nitrogens is 3. The van der Waals surface area contributed by atoms with E-state index in [4.69, 9.17) is 16.0 Å². The van der Waals surface area contributed by atoms with Crippen molar-refractivity contribution in [3.8, 4) is 11.5 Å². The van der Waals surface area contributed by atoms with Crippen LogP contribution in [0.4, 0.5) is 4.39 Å². The van der Waals surface area contributed by atoms with Crippen molar-refractivity contribution < 1.29 is 8.81 Å². The van der Waals surface area contributed by atoms with E-state index >= 15 is 0 Å². The average Bonchev–Trinajstić information content (AvgIpc) is 2.91. The molecule has 0 amide bonds. The van der Waals surface area contributed by atoms with Crippen molar-refractivity contribution in [3.05, 3.63) is 69.7 Å². The van der Waals surface area contributed by atoms with Crippen molar-refractivity contribution in [2.45, 2.75) is 6.54 Å². The summed E-state index contributed by atoms with van der Waals surface area (Å²) in [5.74, 6) is -0.0150. The largest absolute Gasteiger partial charge is 0.419 e. The summed E-state index contributed by atoms with van der Waals surface area (Å²) >= 11 is 5.89. The number of rotatable bonds is 3. The third-order valence-corrected chi connectivity index (χ3v) is 3.03. The van der Waals surface area contributed by atoms with Crippen molar-refractivity contribution >= 4 is 11.6 Å². The second-order valence-electron chi connectivity index (χ2n) is 4.32. The lowest BCUT2D eigenvalue weighted by atomic mass is 10.2. The van der Waals surface area contributed by atoms with Gasteiger partial charge < -0.3 is 8.98 Å². The van der Waals surface area contributed by atoms with Gasteiger partial charge in [-0.3, -0.25) is 4.79 Å². The number of halogens is 2. The molecule has 106 valence electrons. The van der Waals surface area contributed by atoms with E-state index < -0.39 is 5.82 Å². The van der Waals surface area contributed by atoms with Crippen LogP contribution in [0.25, 0.3) is 11.5 Å². The van der Waals surface area contributed by atoms with Gasteiger partial charge in [-0.2, -0.15) is 0 Å². The van der Waals surface area contributed by atoms with E-state index in [1.165, 1.54) is 0 Å². The van der Waals surface area contributed by atoms with Gasteiger partial charge in [-0.05, 0) is 24.3 Å². The summed E-state index contributed by atoms with van der Waals surface area (Å²) in [6.07, 6.45) is 1.09. The SMILES string of the molecule is O=c1ccc(F)cn1Cc1nnc(-c2cccc(Cl)c2)o1. The van der Waals surface area contributed by atoms with Crippen molar-refractivity contribution in [3.63, 3.8) is 0 Å². The van der Waals surface area contributed by atoms with Gasteiger partial charge in [-0.15, -0.1) is 10.2 Å². The Hall–Kier alpha value is -2.47. The number of nitrogens with zero attached hydrogens (tertiary/aromatic N) is 3. The molecule has 2 heterocycles. The van der Waals surface area contributed by atoms with E-state index in [1.54, 1.807) is 24.3 Å². The molecule has 0 N–H and O–H groups in total. The number of pyridine rings is 1. The van der Waals surface area contributed by atoms with Gasteiger partial charge in [0.2, 0.25) is 11.8 Å². The van der Waals surface area contributed by atoms with Crippen LogP contribution in [0.2, 0.25) is 5.02 Å². The van der Waals surface area contributed by atoms with Crippen molar-refractivity contribution in [2.24, 2.45) is 0 Å². The second kappa shape index (κ2) is 5.49. The predicted octanol–water partition coefficient (Wildman–Crippen LogP) is 2.74. The maximum Gasteiger partial charge on any atom is 0.251 e. The van der Waals surface area contributed by atoms with Gasteiger partial charge in [0.1, 0.15) is 12.4 Å². The molecule has 1 aromatic carbocycles. The summed E-state index contributed by atoms with van der Waals surface area (Å²) in [5, 5.41) is 8.29. The molecular formula is C14H9ClFN3O2. The Kier molecular flexibility index (Phi) is 3.53. The van der Waals surface area contributed by atoms with E-state index in [1.807, 2.05) is 0 Å². The minimum absolute atomic E-state index is 0.00413. The molecule has 0 aliphatic carbocycles. The van der Waals surface area contributed by atoms with Crippen molar-refractivity contribution in [2.75, 3.05) is 0 Å². The topological polar surface area (TPSA) is 60.9 Å². The molecular weight excluding hydrogens is 297 g/mol. The highest BCUT2D eigenvalue weighted by Crippen LogP contribution is 2.21. The zero-order valence-electron chi connectivity index (χ0n) is 10.7. The van der Waals surface area contributed by atoms with E-state index in [2.05, 4.69) is 10.2 Å². The quantitative estimate of drug-likeness (QED) is 0.746. The summed E-state index contributed by atoms with van der Waals surface area (Å²) in [6.45, 7) is 0.00413. The summed E-state index contributed by atoms with van der Waals surface area (Å²) in [6, 6.07) is 9.20. The first kappa shape index (κ1) is 13.5. The molecule has 7 heteroatoms. The molecule has 0 fully saturated rings. The Labute approximate surface area is 123 Å². The van der Waals surface area contributed by atoms with Crippen LogP contribution in [0.5, 0.6) is 0 Å². The Morgan fingerprint density at radius 3 is 2.90 bits per heavy atom. The van der Waals surface area contributed by atoms with Crippen molar-refractivity contribution in [1.29, 1.82) is 0 Å². The Morgan fingerprint density at radius 2 is 2.10 bits per heavy atom. The molecule has 0 unspecified atom stereocenters.